The number of hydrogen-bond acceptors (Lipinski definition) is 2. The molecule has 2 atom stereocenters. The van der Waals surface area contributed by atoms with E-state index in [4.69, 9.17) is 0 Å². The summed E-state index contributed by atoms with van der Waals surface area (Å²) in [7, 11) is 0. The van der Waals surface area contributed by atoms with E-state index in [9.17, 15) is 0 Å². The Hall–Kier alpha value is 0.140. The van der Waals surface area contributed by atoms with Gasteiger partial charge in [-0.05, 0) is 34.5 Å². The lowest BCUT2D eigenvalue weighted by atomic mass is 9.98. The van der Waals surface area contributed by atoms with Crippen LogP contribution in [-0.4, -0.2) is 6.54 Å². The Morgan fingerprint density at radius 3 is 2.64 bits per heavy atom. The Morgan fingerprint density at radius 1 is 1.50 bits per heavy atom. The first-order valence-corrected chi connectivity index (χ1v) is 6.83. The fourth-order valence-corrected chi connectivity index (χ4v) is 3.18. The molecule has 0 aromatic carbocycles. The van der Waals surface area contributed by atoms with Crippen molar-refractivity contribution in [2.24, 2.45) is 5.92 Å². The van der Waals surface area contributed by atoms with Crippen LogP contribution in [0.15, 0.2) is 15.9 Å². The molecule has 0 bridgehead atoms. The predicted octanol–water partition coefficient (Wildman–Crippen LogP) is 4.21. The number of halogens is 1. The maximum absolute atomic E-state index is 3.55. The minimum atomic E-state index is 0.515. The fourth-order valence-electron chi connectivity index (χ4n) is 1.53. The molecule has 3 heteroatoms. The van der Waals surface area contributed by atoms with Crippen LogP contribution in [0, 0.1) is 5.92 Å². The summed E-state index contributed by atoms with van der Waals surface area (Å²) in [4.78, 5) is 1.44. The maximum Gasteiger partial charge on any atom is 0.0440 e. The third kappa shape index (κ3) is 3.07. The minimum Gasteiger partial charge on any atom is -0.309 e. The second kappa shape index (κ2) is 5.89. The van der Waals surface area contributed by atoms with E-state index < -0.39 is 0 Å². The zero-order chi connectivity index (χ0) is 10.6. The summed E-state index contributed by atoms with van der Waals surface area (Å²) in [5.74, 6) is 0.695. The van der Waals surface area contributed by atoms with Crippen LogP contribution in [0.5, 0.6) is 0 Å². The first kappa shape index (κ1) is 12.2. The molecule has 0 fully saturated rings. The summed E-state index contributed by atoms with van der Waals surface area (Å²) in [5, 5.41) is 5.71. The quantitative estimate of drug-likeness (QED) is 0.849. The Bertz CT molecular complexity index is 272. The SMILES string of the molecule is CCNC(c1cc(Br)cs1)C(C)CC. The lowest BCUT2D eigenvalue weighted by Crippen LogP contribution is -2.25. The first-order valence-electron chi connectivity index (χ1n) is 5.16. The molecule has 80 valence electrons. The molecule has 0 spiro atoms. The standard InChI is InChI=1S/C11H18BrNS/c1-4-8(3)11(13-5-2)10-6-9(12)7-14-10/h6-8,11,13H,4-5H2,1-3H3. The van der Waals surface area contributed by atoms with Gasteiger partial charge in [-0.3, -0.25) is 0 Å². The highest BCUT2D eigenvalue weighted by Crippen LogP contribution is 2.31. The van der Waals surface area contributed by atoms with Gasteiger partial charge in [-0.25, -0.2) is 0 Å². The number of thiophene rings is 1. The van der Waals surface area contributed by atoms with E-state index in [-0.39, 0.29) is 0 Å². The summed E-state index contributed by atoms with van der Waals surface area (Å²) in [6.45, 7) is 7.75. The molecule has 1 rings (SSSR count). The van der Waals surface area contributed by atoms with Gasteiger partial charge >= 0.3 is 0 Å². The highest BCUT2D eigenvalue weighted by atomic mass is 79.9. The van der Waals surface area contributed by atoms with Gasteiger partial charge in [0.2, 0.25) is 0 Å². The monoisotopic (exact) mass is 275 g/mol. The van der Waals surface area contributed by atoms with Crippen LogP contribution in [0.25, 0.3) is 0 Å². The minimum absolute atomic E-state index is 0.515. The Labute approximate surface area is 99.0 Å². The van der Waals surface area contributed by atoms with Crippen LogP contribution in [0.4, 0.5) is 0 Å². The molecular formula is C11H18BrNS. The number of rotatable bonds is 5. The van der Waals surface area contributed by atoms with E-state index in [1.54, 1.807) is 0 Å². The van der Waals surface area contributed by atoms with E-state index >= 15 is 0 Å². The zero-order valence-electron chi connectivity index (χ0n) is 9.01. The lowest BCUT2D eigenvalue weighted by Gasteiger charge is -2.22. The van der Waals surface area contributed by atoms with Gasteiger partial charge in [0.25, 0.3) is 0 Å². The summed E-state index contributed by atoms with van der Waals surface area (Å²) < 4.78 is 1.20. The van der Waals surface area contributed by atoms with E-state index in [0.29, 0.717) is 12.0 Å². The van der Waals surface area contributed by atoms with Gasteiger partial charge in [-0.2, -0.15) is 0 Å². The van der Waals surface area contributed by atoms with Crippen molar-refractivity contribution in [3.05, 3.63) is 20.8 Å². The van der Waals surface area contributed by atoms with Crippen molar-refractivity contribution in [1.29, 1.82) is 0 Å². The molecule has 0 aliphatic rings. The van der Waals surface area contributed by atoms with Crippen LogP contribution in [0.3, 0.4) is 0 Å². The molecule has 1 heterocycles. The molecule has 1 aromatic rings. The van der Waals surface area contributed by atoms with E-state index in [0.717, 1.165) is 6.54 Å². The molecule has 0 amide bonds. The summed E-state index contributed by atoms with van der Waals surface area (Å²) in [6.07, 6.45) is 1.22. The Morgan fingerprint density at radius 2 is 2.21 bits per heavy atom. The van der Waals surface area contributed by atoms with E-state index in [2.05, 4.69) is 53.5 Å². The topological polar surface area (TPSA) is 12.0 Å². The molecule has 0 saturated carbocycles. The molecule has 1 nitrogen and oxygen atoms in total. The van der Waals surface area contributed by atoms with Gasteiger partial charge in [0.15, 0.2) is 0 Å². The van der Waals surface area contributed by atoms with Crippen molar-refractivity contribution in [3.63, 3.8) is 0 Å². The average Bonchev–Trinajstić information content (AvgIpc) is 2.60. The van der Waals surface area contributed by atoms with Gasteiger partial charge in [0.1, 0.15) is 0 Å². The number of hydrogen-bond donors (Lipinski definition) is 1. The van der Waals surface area contributed by atoms with Crippen LogP contribution in [0.2, 0.25) is 0 Å². The molecule has 1 aromatic heterocycles. The molecule has 2 unspecified atom stereocenters. The highest BCUT2D eigenvalue weighted by molar-refractivity contribution is 9.10. The lowest BCUT2D eigenvalue weighted by molar-refractivity contribution is 0.389. The van der Waals surface area contributed by atoms with Crippen molar-refractivity contribution in [3.8, 4) is 0 Å². The summed E-state index contributed by atoms with van der Waals surface area (Å²) in [5.41, 5.74) is 0. The molecule has 0 aliphatic carbocycles. The highest BCUT2D eigenvalue weighted by Gasteiger charge is 2.18. The zero-order valence-corrected chi connectivity index (χ0v) is 11.4. The van der Waals surface area contributed by atoms with Crippen LogP contribution in [-0.2, 0) is 0 Å². The van der Waals surface area contributed by atoms with E-state index in [1.165, 1.54) is 15.8 Å². The van der Waals surface area contributed by atoms with Crippen LogP contribution >= 0.6 is 27.3 Å². The van der Waals surface area contributed by atoms with Crippen LogP contribution < -0.4 is 5.32 Å². The first-order chi connectivity index (χ1) is 6.69. The molecule has 0 aliphatic heterocycles. The normalized spacial score (nSPS) is 15.4. The maximum atomic E-state index is 3.55. The second-order valence-corrected chi connectivity index (χ2v) is 5.45. The Balaban J connectivity index is 2.76. The molecule has 0 saturated heterocycles. The third-order valence-electron chi connectivity index (χ3n) is 2.53. The largest absolute Gasteiger partial charge is 0.309 e. The van der Waals surface area contributed by atoms with Crippen molar-refractivity contribution in [1.82, 2.24) is 5.32 Å². The van der Waals surface area contributed by atoms with Crippen LogP contribution in [0.1, 0.15) is 38.1 Å². The summed E-state index contributed by atoms with van der Waals surface area (Å²) >= 11 is 5.34. The van der Waals surface area contributed by atoms with Gasteiger partial charge in [0.05, 0.1) is 0 Å². The summed E-state index contributed by atoms with van der Waals surface area (Å²) in [6, 6.07) is 2.74. The molecule has 1 N–H and O–H groups in total. The molecular weight excluding hydrogens is 258 g/mol. The molecule has 0 radical (unpaired) electrons. The molecule has 14 heavy (non-hydrogen) atoms. The van der Waals surface area contributed by atoms with E-state index in [1.807, 2.05) is 11.3 Å². The van der Waals surface area contributed by atoms with Crippen molar-refractivity contribution < 1.29 is 0 Å². The Kier molecular flexibility index (Phi) is 5.13. The smallest absolute Gasteiger partial charge is 0.0440 e. The van der Waals surface area contributed by atoms with Crippen molar-refractivity contribution >= 4 is 27.3 Å². The predicted molar refractivity (Wildman–Crippen MR) is 67.9 cm³/mol. The third-order valence-corrected chi connectivity index (χ3v) is 4.31. The van der Waals surface area contributed by atoms with Crippen molar-refractivity contribution in [2.45, 2.75) is 33.2 Å². The van der Waals surface area contributed by atoms with Gasteiger partial charge in [-0.1, -0.05) is 27.2 Å². The van der Waals surface area contributed by atoms with Gasteiger partial charge in [-0.15, -0.1) is 11.3 Å². The fraction of sp³-hybridized carbons (Fsp3) is 0.636. The van der Waals surface area contributed by atoms with Crippen molar-refractivity contribution in [2.75, 3.05) is 6.54 Å². The average molecular weight is 276 g/mol. The number of nitrogens with one attached hydrogen (secondary N) is 1. The van der Waals surface area contributed by atoms with Gasteiger partial charge < -0.3 is 5.32 Å². The van der Waals surface area contributed by atoms with Gasteiger partial charge in [0, 0.05) is 20.8 Å². The second-order valence-electron chi connectivity index (χ2n) is 3.59.